The predicted molar refractivity (Wildman–Crippen MR) is 51.5 cm³/mol. The van der Waals surface area contributed by atoms with E-state index in [4.69, 9.17) is 5.73 Å². The van der Waals surface area contributed by atoms with Crippen molar-refractivity contribution >= 4 is 0 Å². The zero-order chi connectivity index (χ0) is 11.6. The van der Waals surface area contributed by atoms with E-state index in [9.17, 15) is 13.2 Å². The molecule has 0 aliphatic carbocycles. The lowest BCUT2D eigenvalue weighted by atomic mass is 10.1. The summed E-state index contributed by atoms with van der Waals surface area (Å²) in [5.74, 6) is 1.63. The molecule has 0 heterocycles. The quantitative estimate of drug-likeness (QED) is 0.519. The van der Waals surface area contributed by atoms with Crippen LogP contribution in [0.2, 0.25) is 0 Å². The third-order valence-electron chi connectivity index (χ3n) is 1.53. The maximum absolute atomic E-state index is 13.1. The van der Waals surface area contributed by atoms with Crippen LogP contribution >= 0.6 is 0 Å². The van der Waals surface area contributed by atoms with Crippen molar-refractivity contribution in [2.45, 2.75) is 19.4 Å². The minimum atomic E-state index is -1.23. The fraction of sp³-hybridized carbons (Fsp3) is 0.273. The fourth-order valence-corrected chi connectivity index (χ4v) is 0.847. The predicted octanol–water partition coefficient (Wildman–Crippen LogP) is 2.19. The smallest absolute Gasteiger partial charge is 0.161 e. The molecule has 0 atom stereocenters. The Labute approximate surface area is 86.1 Å². The maximum Gasteiger partial charge on any atom is 0.161 e. The fourth-order valence-electron chi connectivity index (χ4n) is 0.847. The van der Waals surface area contributed by atoms with Crippen LogP contribution in [0.4, 0.5) is 13.2 Å². The van der Waals surface area contributed by atoms with E-state index in [0.717, 1.165) is 0 Å². The SMILES string of the molecule is CC(C)(N)C#Cc1cc(F)c(F)cc1F. The van der Waals surface area contributed by atoms with Gasteiger partial charge in [-0.3, -0.25) is 0 Å². The highest BCUT2D eigenvalue weighted by Crippen LogP contribution is 2.12. The third kappa shape index (κ3) is 3.30. The molecule has 0 saturated heterocycles. The highest BCUT2D eigenvalue weighted by molar-refractivity contribution is 5.38. The molecular formula is C11H10F3N. The Kier molecular flexibility index (Phi) is 3.06. The summed E-state index contributed by atoms with van der Waals surface area (Å²) in [6.07, 6.45) is 0. The number of hydrogen-bond donors (Lipinski definition) is 1. The summed E-state index contributed by atoms with van der Waals surface area (Å²) >= 11 is 0. The Morgan fingerprint density at radius 2 is 1.60 bits per heavy atom. The lowest BCUT2D eigenvalue weighted by Gasteiger charge is -2.07. The van der Waals surface area contributed by atoms with E-state index in [1.807, 2.05) is 0 Å². The van der Waals surface area contributed by atoms with Gasteiger partial charge in [0.1, 0.15) is 5.82 Å². The molecule has 2 N–H and O–H groups in total. The van der Waals surface area contributed by atoms with Crippen molar-refractivity contribution < 1.29 is 13.2 Å². The Morgan fingerprint density at radius 1 is 1.07 bits per heavy atom. The topological polar surface area (TPSA) is 26.0 Å². The second-order valence-corrected chi connectivity index (χ2v) is 3.72. The lowest BCUT2D eigenvalue weighted by Crippen LogP contribution is -2.29. The first-order valence-corrected chi connectivity index (χ1v) is 4.26. The molecule has 0 bridgehead atoms. The van der Waals surface area contributed by atoms with Gasteiger partial charge < -0.3 is 5.73 Å². The Morgan fingerprint density at radius 3 is 2.13 bits per heavy atom. The molecule has 0 aliphatic heterocycles. The molecule has 1 rings (SSSR count). The summed E-state index contributed by atoms with van der Waals surface area (Å²) in [6, 6.07) is 1.17. The molecule has 15 heavy (non-hydrogen) atoms. The van der Waals surface area contributed by atoms with Crippen molar-refractivity contribution in [1.29, 1.82) is 0 Å². The largest absolute Gasteiger partial charge is 0.316 e. The second kappa shape index (κ2) is 3.95. The van der Waals surface area contributed by atoms with E-state index >= 15 is 0 Å². The highest BCUT2D eigenvalue weighted by Gasteiger charge is 2.09. The molecule has 0 aliphatic rings. The van der Waals surface area contributed by atoms with Gasteiger partial charge >= 0.3 is 0 Å². The molecule has 1 aromatic rings. The molecule has 1 aromatic carbocycles. The number of halogens is 3. The van der Waals surface area contributed by atoms with E-state index < -0.39 is 23.0 Å². The molecule has 0 saturated carbocycles. The van der Waals surface area contributed by atoms with E-state index in [1.54, 1.807) is 13.8 Å². The van der Waals surface area contributed by atoms with E-state index in [-0.39, 0.29) is 5.56 Å². The standard InChI is InChI=1S/C11H10F3N/c1-11(2,15)4-3-7-5-9(13)10(14)6-8(7)12/h5-6H,15H2,1-2H3. The summed E-state index contributed by atoms with van der Waals surface area (Å²) in [7, 11) is 0. The van der Waals surface area contributed by atoms with Gasteiger partial charge in [0, 0.05) is 6.07 Å². The van der Waals surface area contributed by atoms with Crippen molar-refractivity contribution in [3.05, 3.63) is 35.1 Å². The minimum Gasteiger partial charge on any atom is -0.316 e. The maximum atomic E-state index is 13.1. The molecule has 0 spiro atoms. The van der Waals surface area contributed by atoms with Crippen LogP contribution in [0.3, 0.4) is 0 Å². The van der Waals surface area contributed by atoms with Gasteiger partial charge in [-0.05, 0) is 19.9 Å². The van der Waals surface area contributed by atoms with Gasteiger partial charge in [0.15, 0.2) is 11.6 Å². The van der Waals surface area contributed by atoms with Crippen LogP contribution in [0, 0.1) is 29.3 Å². The van der Waals surface area contributed by atoms with E-state index in [1.165, 1.54) is 0 Å². The van der Waals surface area contributed by atoms with Crippen molar-refractivity contribution in [1.82, 2.24) is 0 Å². The first-order valence-electron chi connectivity index (χ1n) is 4.26. The summed E-state index contributed by atoms with van der Waals surface area (Å²) in [5.41, 5.74) is 4.53. The van der Waals surface area contributed by atoms with Gasteiger partial charge in [0.2, 0.25) is 0 Å². The summed E-state index contributed by atoms with van der Waals surface area (Å²) in [4.78, 5) is 0. The normalized spacial score (nSPS) is 10.8. The summed E-state index contributed by atoms with van der Waals surface area (Å²) < 4.78 is 38.3. The van der Waals surface area contributed by atoms with Crippen molar-refractivity contribution in [3.63, 3.8) is 0 Å². The molecule has 0 aromatic heterocycles. The van der Waals surface area contributed by atoms with Crippen LogP contribution in [0.1, 0.15) is 19.4 Å². The van der Waals surface area contributed by atoms with Crippen molar-refractivity contribution in [3.8, 4) is 11.8 Å². The molecule has 0 amide bonds. The highest BCUT2D eigenvalue weighted by atomic mass is 19.2. The van der Waals surface area contributed by atoms with Crippen molar-refractivity contribution in [2.24, 2.45) is 5.73 Å². The van der Waals surface area contributed by atoms with Gasteiger partial charge in [0.05, 0.1) is 11.1 Å². The van der Waals surface area contributed by atoms with Gasteiger partial charge in [-0.1, -0.05) is 11.8 Å². The average Bonchev–Trinajstić information content (AvgIpc) is 2.07. The van der Waals surface area contributed by atoms with Gasteiger partial charge in [-0.15, -0.1) is 0 Å². The zero-order valence-electron chi connectivity index (χ0n) is 8.37. The van der Waals surface area contributed by atoms with E-state index in [2.05, 4.69) is 11.8 Å². The van der Waals surface area contributed by atoms with Crippen molar-refractivity contribution in [2.75, 3.05) is 0 Å². The number of rotatable bonds is 0. The van der Waals surface area contributed by atoms with Gasteiger partial charge in [-0.2, -0.15) is 0 Å². The summed E-state index contributed by atoms with van der Waals surface area (Å²) in [5, 5.41) is 0. The minimum absolute atomic E-state index is 0.201. The summed E-state index contributed by atoms with van der Waals surface area (Å²) in [6.45, 7) is 3.25. The molecule has 80 valence electrons. The molecule has 1 nitrogen and oxygen atoms in total. The molecule has 0 radical (unpaired) electrons. The van der Waals surface area contributed by atoms with Crippen LogP contribution in [0.25, 0.3) is 0 Å². The van der Waals surface area contributed by atoms with Crippen LogP contribution in [-0.4, -0.2) is 5.54 Å². The molecule has 4 heteroatoms. The Bertz CT molecular complexity index is 436. The van der Waals surface area contributed by atoms with Crippen LogP contribution in [-0.2, 0) is 0 Å². The third-order valence-corrected chi connectivity index (χ3v) is 1.53. The second-order valence-electron chi connectivity index (χ2n) is 3.72. The first kappa shape index (κ1) is 11.6. The lowest BCUT2D eigenvalue weighted by molar-refractivity contribution is 0.494. The van der Waals surface area contributed by atoms with Gasteiger partial charge in [0.25, 0.3) is 0 Å². The van der Waals surface area contributed by atoms with Crippen LogP contribution in [0.5, 0.6) is 0 Å². The molecular weight excluding hydrogens is 203 g/mol. The number of nitrogens with two attached hydrogens (primary N) is 1. The zero-order valence-corrected chi connectivity index (χ0v) is 8.37. The monoisotopic (exact) mass is 213 g/mol. The Balaban J connectivity index is 3.15. The number of benzene rings is 1. The van der Waals surface area contributed by atoms with Crippen LogP contribution < -0.4 is 5.73 Å². The van der Waals surface area contributed by atoms with E-state index in [0.29, 0.717) is 12.1 Å². The average molecular weight is 213 g/mol. The molecule has 0 unspecified atom stereocenters. The molecule has 0 fully saturated rings. The Hall–Kier alpha value is -1.47. The van der Waals surface area contributed by atoms with Gasteiger partial charge in [-0.25, -0.2) is 13.2 Å². The number of hydrogen-bond acceptors (Lipinski definition) is 1. The van der Waals surface area contributed by atoms with Crippen LogP contribution in [0.15, 0.2) is 12.1 Å². The first-order chi connectivity index (χ1) is 6.79.